The molecule has 0 radical (unpaired) electrons. The molecule has 0 unspecified atom stereocenters. The van der Waals surface area contributed by atoms with Crippen molar-refractivity contribution in [1.29, 1.82) is 0 Å². The predicted octanol–water partition coefficient (Wildman–Crippen LogP) is 3.85. The molecule has 1 aliphatic heterocycles. The van der Waals surface area contributed by atoms with Gasteiger partial charge in [0, 0.05) is 25.1 Å². The molecule has 0 N–H and O–H groups in total. The molecule has 0 bridgehead atoms. The lowest BCUT2D eigenvalue weighted by Crippen LogP contribution is -2.39. The zero-order valence-electron chi connectivity index (χ0n) is 16.3. The molecule has 1 aromatic heterocycles. The van der Waals surface area contributed by atoms with Crippen molar-refractivity contribution >= 4 is 5.91 Å². The van der Waals surface area contributed by atoms with E-state index in [-0.39, 0.29) is 5.91 Å². The molecule has 0 saturated carbocycles. The maximum absolute atomic E-state index is 12.8. The Morgan fingerprint density at radius 2 is 1.96 bits per heavy atom. The van der Waals surface area contributed by atoms with E-state index in [0.29, 0.717) is 0 Å². The van der Waals surface area contributed by atoms with Gasteiger partial charge in [0.25, 0.3) is 5.91 Å². The minimum atomic E-state index is 0.204. The number of carbonyl (C=O) groups is 1. The molecule has 0 saturated heterocycles. The summed E-state index contributed by atoms with van der Waals surface area (Å²) in [7, 11) is 2.15. The van der Waals surface area contributed by atoms with Gasteiger partial charge in [0.1, 0.15) is 5.76 Å². The molecule has 26 heavy (non-hydrogen) atoms. The number of benzene rings is 1. The number of rotatable bonds is 8. The first-order valence-corrected chi connectivity index (χ1v) is 9.65. The SMILES string of the molecule is Cc1ccc2c(c1C)CCN(CCCN(C)CCCc1ccco1)C2=O. The van der Waals surface area contributed by atoms with Gasteiger partial charge < -0.3 is 14.2 Å². The molecule has 3 rings (SSSR count). The highest BCUT2D eigenvalue weighted by atomic mass is 16.3. The third-order valence-electron chi connectivity index (χ3n) is 5.53. The highest BCUT2D eigenvalue weighted by Gasteiger charge is 2.25. The van der Waals surface area contributed by atoms with Gasteiger partial charge in [0.15, 0.2) is 0 Å². The molecular weight excluding hydrogens is 324 g/mol. The molecular formula is C22H30N2O2. The number of hydrogen-bond donors (Lipinski definition) is 0. The Bertz CT molecular complexity index is 737. The smallest absolute Gasteiger partial charge is 0.254 e. The van der Waals surface area contributed by atoms with Crippen LogP contribution in [0.4, 0.5) is 0 Å². The fourth-order valence-corrected chi connectivity index (χ4v) is 3.75. The van der Waals surface area contributed by atoms with Crippen LogP contribution in [0.1, 0.15) is 45.7 Å². The summed E-state index contributed by atoms with van der Waals surface area (Å²) in [4.78, 5) is 17.1. The summed E-state index contributed by atoms with van der Waals surface area (Å²) >= 11 is 0. The molecule has 0 atom stereocenters. The van der Waals surface area contributed by atoms with Crippen molar-refractivity contribution in [3.05, 3.63) is 58.5 Å². The van der Waals surface area contributed by atoms with E-state index in [9.17, 15) is 4.79 Å². The van der Waals surface area contributed by atoms with Crippen molar-refractivity contribution in [2.24, 2.45) is 0 Å². The molecule has 140 valence electrons. The van der Waals surface area contributed by atoms with Crippen LogP contribution in [0.3, 0.4) is 0 Å². The predicted molar refractivity (Wildman–Crippen MR) is 105 cm³/mol. The number of aryl methyl sites for hydroxylation is 2. The lowest BCUT2D eigenvalue weighted by Gasteiger charge is -2.30. The van der Waals surface area contributed by atoms with Gasteiger partial charge in [-0.2, -0.15) is 0 Å². The lowest BCUT2D eigenvalue weighted by molar-refractivity contribution is 0.0733. The summed E-state index contributed by atoms with van der Waals surface area (Å²) in [6, 6.07) is 8.05. The van der Waals surface area contributed by atoms with E-state index >= 15 is 0 Å². The fraction of sp³-hybridized carbons (Fsp3) is 0.500. The number of furan rings is 1. The van der Waals surface area contributed by atoms with E-state index in [1.54, 1.807) is 6.26 Å². The molecule has 0 fully saturated rings. The monoisotopic (exact) mass is 354 g/mol. The van der Waals surface area contributed by atoms with Gasteiger partial charge in [-0.15, -0.1) is 0 Å². The highest BCUT2D eigenvalue weighted by Crippen LogP contribution is 2.24. The number of hydrogen-bond acceptors (Lipinski definition) is 3. The van der Waals surface area contributed by atoms with Gasteiger partial charge in [0.2, 0.25) is 0 Å². The largest absolute Gasteiger partial charge is 0.469 e. The highest BCUT2D eigenvalue weighted by molar-refractivity contribution is 5.97. The molecule has 1 amide bonds. The van der Waals surface area contributed by atoms with Crippen LogP contribution in [0, 0.1) is 13.8 Å². The first-order valence-electron chi connectivity index (χ1n) is 9.65. The summed E-state index contributed by atoms with van der Waals surface area (Å²) in [6.45, 7) is 8.01. The van der Waals surface area contributed by atoms with E-state index < -0.39 is 0 Å². The zero-order valence-corrected chi connectivity index (χ0v) is 16.3. The van der Waals surface area contributed by atoms with Crippen molar-refractivity contribution in [2.45, 2.75) is 39.5 Å². The zero-order chi connectivity index (χ0) is 18.5. The van der Waals surface area contributed by atoms with Gasteiger partial charge in [0.05, 0.1) is 6.26 Å². The summed E-state index contributed by atoms with van der Waals surface area (Å²) in [5, 5.41) is 0. The second-order valence-corrected chi connectivity index (χ2v) is 7.42. The average Bonchev–Trinajstić information content (AvgIpc) is 3.13. The van der Waals surface area contributed by atoms with Crippen LogP contribution in [0.25, 0.3) is 0 Å². The average molecular weight is 354 g/mol. The number of carbonyl (C=O) groups excluding carboxylic acids is 1. The first-order chi connectivity index (χ1) is 12.6. The quantitative estimate of drug-likeness (QED) is 0.722. The van der Waals surface area contributed by atoms with Gasteiger partial charge in [-0.25, -0.2) is 0 Å². The van der Waals surface area contributed by atoms with Crippen molar-refractivity contribution in [3.8, 4) is 0 Å². The van der Waals surface area contributed by atoms with Crippen LogP contribution >= 0.6 is 0 Å². The minimum Gasteiger partial charge on any atom is -0.469 e. The Balaban J connectivity index is 1.42. The summed E-state index contributed by atoms with van der Waals surface area (Å²) in [6.07, 6.45) is 5.81. The normalized spacial score (nSPS) is 14.2. The molecule has 0 aliphatic carbocycles. The molecule has 2 aromatic rings. The van der Waals surface area contributed by atoms with Crippen LogP contribution in [-0.4, -0.2) is 48.9 Å². The fourth-order valence-electron chi connectivity index (χ4n) is 3.75. The Kier molecular flexibility index (Phi) is 6.15. The van der Waals surface area contributed by atoms with Crippen LogP contribution < -0.4 is 0 Å². The van der Waals surface area contributed by atoms with Crippen molar-refractivity contribution in [3.63, 3.8) is 0 Å². The van der Waals surface area contributed by atoms with E-state index in [0.717, 1.165) is 63.2 Å². The Labute approximate surface area is 156 Å². The van der Waals surface area contributed by atoms with E-state index in [1.807, 2.05) is 23.1 Å². The van der Waals surface area contributed by atoms with Crippen molar-refractivity contribution < 1.29 is 9.21 Å². The Hall–Kier alpha value is -2.07. The number of amides is 1. The molecule has 2 heterocycles. The van der Waals surface area contributed by atoms with Gasteiger partial charge in [-0.1, -0.05) is 6.07 Å². The molecule has 1 aliphatic rings. The molecule has 4 nitrogen and oxygen atoms in total. The third-order valence-corrected chi connectivity index (χ3v) is 5.53. The second-order valence-electron chi connectivity index (χ2n) is 7.42. The summed E-state index contributed by atoms with van der Waals surface area (Å²) < 4.78 is 5.37. The minimum absolute atomic E-state index is 0.204. The van der Waals surface area contributed by atoms with E-state index in [2.05, 4.69) is 31.9 Å². The van der Waals surface area contributed by atoms with Crippen molar-refractivity contribution in [1.82, 2.24) is 9.80 Å². The lowest BCUT2D eigenvalue weighted by atomic mass is 9.91. The van der Waals surface area contributed by atoms with Gasteiger partial charge in [-0.3, -0.25) is 4.79 Å². The molecule has 1 aromatic carbocycles. The summed E-state index contributed by atoms with van der Waals surface area (Å²) in [5.41, 5.74) is 4.72. The standard InChI is InChI=1S/C22H30N2O2/c1-17-9-10-21-20(18(17)2)11-15-24(22(21)25)14-6-13-23(3)12-4-7-19-8-5-16-26-19/h5,8-10,16H,4,6-7,11-15H2,1-3H3. The van der Waals surface area contributed by atoms with Crippen LogP contribution in [0.5, 0.6) is 0 Å². The molecule has 4 heteroatoms. The number of fused-ring (bicyclic) bond motifs is 1. The van der Waals surface area contributed by atoms with Gasteiger partial charge >= 0.3 is 0 Å². The molecule has 0 spiro atoms. The van der Waals surface area contributed by atoms with Gasteiger partial charge in [-0.05, 0) is 88.1 Å². The Morgan fingerprint density at radius 3 is 2.73 bits per heavy atom. The topological polar surface area (TPSA) is 36.7 Å². The maximum atomic E-state index is 12.8. The van der Waals surface area contributed by atoms with Crippen LogP contribution in [-0.2, 0) is 12.8 Å². The second kappa shape index (κ2) is 8.54. The van der Waals surface area contributed by atoms with Crippen LogP contribution in [0.2, 0.25) is 0 Å². The third kappa shape index (κ3) is 4.36. The Morgan fingerprint density at radius 1 is 1.15 bits per heavy atom. The van der Waals surface area contributed by atoms with E-state index in [4.69, 9.17) is 4.42 Å². The maximum Gasteiger partial charge on any atom is 0.254 e. The van der Waals surface area contributed by atoms with E-state index in [1.165, 1.54) is 16.7 Å². The summed E-state index contributed by atoms with van der Waals surface area (Å²) in [5.74, 6) is 1.26. The first kappa shape index (κ1) is 18.7. The van der Waals surface area contributed by atoms with Crippen molar-refractivity contribution in [2.75, 3.05) is 33.2 Å². The number of nitrogens with zero attached hydrogens (tertiary/aromatic N) is 2. The van der Waals surface area contributed by atoms with Crippen LogP contribution in [0.15, 0.2) is 34.9 Å².